The Morgan fingerprint density at radius 2 is 1.64 bits per heavy atom. The van der Waals surface area contributed by atoms with Crippen LogP contribution in [-0.4, -0.2) is 51.6 Å². The van der Waals surface area contributed by atoms with E-state index in [1.165, 1.54) is 12.1 Å². The van der Waals surface area contributed by atoms with E-state index in [0.29, 0.717) is 49.5 Å². The maximum atomic E-state index is 13.5. The monoisotopic (exact) mass is 535 g/mol. The van der Waals surface area contributed by atoms with Crippen molar-refractivity contribution in [1.29, 1.82) is 0 Å². The summed E-state index contributed by atoms with van der Waals surface area (Å²) in [6.45, 7) is 4.18. The molecule has 10 heteroatoms. The van der Waals surface area contributed by atoms with Crippen molar-refractivity contribution in [2.24, 2.45) is 0 Å². The number of hydrogen-bond acceptors (Lipinski definition) is 4. The van der Waals surface area contributed by atoms with Crippen molar-refractivity contribution in [1.82, 2.24) is 19.4 Å². The normalized spacial score (nSPS) is 15.3. The van der Waals surface area contributed by atoms with Gasteiger partial charge in [-0.15, -0.1) is 0 Å². The van der Waals surface area contributed by atoms with Crippen molar-refractivity contribution in [3.8, 4) is 0 Å². The number of carbonyl (C=O) groups is 1. The third-order valence-electron chi connectivity index (χ3n) is 7.04. The number of fused-ring (bicyclic) bond motifs is 1. The second kappa shape index (κ2) is 10.9. The van der Waals surface area contributed by atoms with Crippen LogP contribution in [-0.2, 0) is 12.7 Å². The minimum Gasteiger partial charge on any atom is -0.322 e. The van der Waals surface area contributed by atoms with Crippen LogP contribution in [0.25, 0.3) is 10.9 Å². The van der Waals surface area contributed by atoms with Crippen LogP contribution in [0.15, 0.2) is 83.7 Å². The molecule has 1 fully saturated rings. The SMILES string of the molecule is CC(c1nc2ccccc2c(=O)n1Cc1ccccc1)N1CCN(C(=O)Nc2cccc(C(F)(F)F)c2)CC1. The number of aromatic nitrogens is 2. The van der Waals surface area contributed by atoms with Gasteiger partial charge in [-0.05, 0) is 42.8 Å². The Labute approximate surface area is 223 Å². The van der Waals surface area contributed by atoms with Crippen LogP contribution in [0.4, 0.5) is 23.7 Å². The number of amides is 2. The van der Waals surface area contributed by atoms with E-state index in [4.69, 9.17) is 4.98 Å². The Hall–Kier alpha value is -4.18. The molecule has 39 heavy (non-hydrogen) atoms. The van der Waals surface area contributed by atoms with Gasteiger partial charge in [0.05, 0.1) is 29.1 Å². The van der Waals surface area contributed by atoms with Gasteiger partial charge in [-0.25, -0.2) is 9.78 Å². The fraction of sp³-hybridized carbons (Fsp3) is 0.276. The van der Waals surface area contributed by atoms with Crippen molar-refractivity contribution in [2.45, 2.75) is 25.7 Å². The molecule has 1 aromatic heterocycles. The number of nitrogens with one attached hydrogen (secondary N) is 1. The standard InChI is InChI=1S/C29H28F3N5O2/c1-20(26-34-25-13-6-5-12-24(25)27(38)37(26)19-21-8-3-2-4-9-21)35-14-16-36(17-15-35)28(39)33-23-11-7-10-22(18-23)29(30,31)32/h2-13,18,20H,14-17,19H2,1H3,(H,33,39). The molecule has 1 aliphatic rings. The quantitative estimate of drug-likeness (QED) is 0.373. The van der Waals surface area contributed by atoms with Gasteiger partial charge in [-0.1, -0.05) is 48.5 Å². The number of para-hydroxylation sites is 1. The number of urea groups is 1. The molecule has 1 unspecified atom stereocenters. The highest BCUT2D eigenvalue weighted by Gasteiger charge is 2.31. The number of rotatable bonds is 5. The van der Waals surface area contributed by atoms with Crippen LogP contribution < -0.4 is 10.9 Å². The number of carbonyl (C=O) groups excluding carboxylic acids is 1. The van der Waals surface area contributed by atoms with Gasteiger partial charge in [0.15, 0.2) is 0 Å². The molecule has 3 aromatic carbocycles. The van der Waals surface area contributed by atoms with Crippen LogP contribution >= 0.6 is 0 Å². The first-order valence-electron chi connectivity index (χ1n) is 12.7. The molecule has 0 radical (unpaired) electrons. The van der Waals surface area contributed by atoms with Gasteiger partial charge >= 0.3 is 12.2 Å². The van der Waals surface area contributed by atoms with E-state index in [-0.39, 0.29) is 17.3 Å². The topological polar surface area (TPSA) is 70.5 Å². The van der Waals surface area contributed by atoms with E-state index < -0.39 is 17.8 Å². The average molecular weight is 536 g/mol. The zero-order chi connectivity index (χ0) is 27.6. The summed E-state index contributed by atoms with van der Waals surface area (Å²) in [6, 6.07) is 21.0. The molecule has 7 nitrogen and oxygen atoms in total. The number of nitrogens with zero attached hydrogens (tertiary/aromatic N) is 4. The van der Waals surface area contributed by atoms with Crippen molar-refractivity contribution < 1.29 is 18.0 Å². The Morgan fingerprint density at radius 1 is 0.949 bits per heavy atom. The smallest absolute Gasteiger partial charge is 0.322 e. The van der Waals surface area contributed by atoms with E-state index in [1.54, 1.807) is 15.5 Å². The summed E-state index contributed by atoms with van der Waals surface area (Å²) < 4.78 is 40.8. The zero-order valence-corrected chi connectivity index (χ0v) is 21.4. The highest BCUT2D eigenvalue weighted by molar-refractivity contribution is 5.89. The van der Waals surface area contributed by atoms with Gasteiger partial charge in [-0.2, -0.15) is 13.2 Å². The number of piperazine rings is 1. The van der Waals surface area contributed by atoms with Gasteiger partial charge in [0.2, 0.25) is 0 Å². The Bertz CT molecular complexity index is 1530. The molecule has 1 aliphatic heterocycles. The number of benzene rings is 3. The first-order chi connectivity index (χ1) is 18.7. The lowest BCUT2D eigenvalue weighted by molar-refractivity contribution is -0.137. The van der Waals surface area contributed by atoms with Gasteiger partial charge < -0.3 is 10.2 Å². The molecule has 0 aliphatic carbocycles. The van der Waals surface area contributed by atoms with Gasteiger partial charge in [0, 0.05) is 31.9 Å². The third kappa shape index (κ3) is 5.80. The van der Waals surface area contributed by atoms with E-state index >= 15 is 0 Å². The molecule has 202 valence electrons. The molecule has 1 atom stereocenters. The fourth-order valence-electron chi connectivity index (χ4n) is 4.87. The minimum atomic E-state index is -4.49. The highest BCUT2D eigenvalue weighted by atomic mass is 19.4. The fourth-order valence-corrected chi connectivity index (χ4v) is 4.87. The molecule has 0 bridgehead atoms. The molecule has 2 heterocycles. The summed E-state index contributed by atoms with van der Waals surface area (Å²) in [5.74, 6) is 0.643. The van der Waals surface area contributed by atoms with Crippen molar-refractivity contribution in [2.75, 3.05) is 31.5 Å². The second-order valence-electron chi connectivity index (χ2n) is 9.57. The maximum absolute atomic E-state index is 13.5. The van der Waals surface area contributed by atoms with Gasteiger partial charge in [0.1, 0.15) is 5.82 Å². The first kappa shape index (κ1) is 26.4. The van der Waals surface area contributed by atoms with Crippen LogP contribution in [0.2, 0.25) is 0 Å². The average Bonchev–Trinajstić information content (AvgIpc) is 2.94. The number of hydrogen-bond donors (Lipinski definition) is 1. The third-order valence-corrected chi connectivity index (χ3v) is 7.04. The van der Waals surface area contributed by atoms with Crippen molar-refractivity contribution in [3.63, 3.8) is 0 Å². The summed E-state index contributed by atoms with van der Waals surface area (Å²) in [5, 5.41) is 3.13. The predicted molar refractivity (Wildman–Crippen MR) is 144 cm³/mol. The van der Waals surface area contributed by atoms with Crippen LogP contribution in [0.5, 0.6) is 0 Å². The molecule has 1 N–H and O–H groups in total. The van der Waals surface area contributed by atoms with E-state index in [9.17, 15) is 22.8 Å². The Balaban J connectivity index is 1.32. The lowest BCUT2D eigenvalue weighted by Crippen LogP contribution is -2.51. The predicted octanol–water partition coefficient (Wildman–Crippen LogP) is 5.37. The van der Waals surface area contributed by atoms with Crippen molar-refractivity contribution in [3.05, 3.63) is 106 Å². The summed E-state index contributed by atoms with van der Waals surface area (Å²) in [6.07, 6.45) is -4.49. The lowest BCUT2D eigenvalue weighted by Gasteiger charge is -2.38. The Kier molecular flexibility index (Phi) is 7.38. The minimum absolute atomic E-state index is 0.0934. The van der Waals surface area contributed by atoms with E-state index in [0.717, 1.165) is 17.7 Å². The van der Waals surface area contributed by atoms with E-state index in [1.807, 2.05) is 55.5 Å². The summed E-state index contributed by atoms with van der Waals surface area (Å²) in [4.78, 5) is 34.9. The summed E-state index contributed by atoms with van der Waals surface area (Å²) in [7, 11) is 0. The molecule has 4 aromatic rings. The van der Waals surface area contributed by atoms with Gasteiger partial charge in [0.25, 0.3) is 5.56 Å². The van der Waals surface area contributed by atoms with Crippen LogP contribution in [0, 0.1) is 0 Å². The van der Waals surface area contributed by atoms with Crippen LogP contribution in [0.3, 0.4) is 0 Å². The molecular formula is C29H28F3N5O2. The molecule has 1 saturated heterocycles. The summed E-state index contributed by atoms with van der Waals surface area (Å²) in [5.41, 5.74) is 0.790. The molecular weight excluding hydrogens is 507 g/mol. The van der Waals surface area contributed by atoms with Crippen molar-refractivity contribution >= 4 is 22.6 Å². The Morgan fingerprint density at radius 3 is 2.36 bits per heavy atom. The number of alkyl halides is 3. The van der Waals surface area contributed by atoms with Crippen LogP contribution in [0.1, 0.15) is 29.9 Å². The molecule has 2 amide bonds. The van der Waals surface area contributed by atoms with Gasteiger partial charge in [-0.3, -0.25) is 14.3 Å². The largest absolute Gasteiger partial charge is 0.416 e. The highest BCUT2D eigenvalue weighted by Crippen LogP contribution is 2.31. The summed E-state index contributed by atoms with van der Waals surface area (Å²) >= 11 is 0. The number of halogens is 3. The molecule has 0 spiro atoms. The van der Waals surface area contributed by atoms with E-state index in [2.05, 4.69) is 10.2 Å². The number of anilines is 1. The lowest BCUT2D eigenvalue weighted by atomic mass is 10.1. The zero-order valence-electron chi connectivity index (χ0n) is 21.4. The second-order valence-corrected chi connectivity index (χ2v) is 9.57. The maximum Gasteiger partial charge on any atom is 0.416 e. The molecule has 5 rings (SSSR count). The first-order valence-corrected chi connectivity index (χ1v) is 12.7. The molecule has 0 saturated carbocycles.